The van der Waals surface area contributed by atoms with Crippen molar-refractivity contribution in [1.82, 2.24) is 9.97 Å². The molecule has 0 unspecified atom stereocenters. The zero-order valence-corrected chi connectivity index (χ0v) is 11.1. The van der Waals surface area contributed by atoms with Crippen LogP contribution in [0.3, 0.4) is 0 Å². The number of non-ortho nitro benzene ring substituents is 1. The van der Waals surface area contributed by atoms with E-state index in [1.807, 2.05) is 24.3 Å². The van der Waals surface area contributed by atoms with Gasteiger partial charge < -0.3 is 5.73 Å². The highest BCUT2D eigenvalue weighted by Gasteiger charge is 2.14. The van der Waals surface area contributed by atoms with Crippen molar-refractivity contribution in [2.45, 2.75) is 6.54 Å². The van der Waals surface area contributed by atoms with Gasteiger partial charge in [0.05, 0.1) is 22.3 Å². The van der Waals surface area contributed by atoms with E-state index in [1.165, 1.54) is 6.07 Å². The first-order valence-electron chi connectivity index (χ1n) is 6.38. The molecule has 2 N–H and O–H groups in total. The average molecular weight is 280 g/mol. The molecule has 0 bridgehead atoms. The Balaban J connectivity index is 2.10. The molecular weight excluding hydrogens is 268 g/mol. The van der Waals surface area contributed by atoms with Gasteiger partial charge in [-0.15, -0.1) is 0 Å². The SMILES string of the molecule is NCc1ccc(-c2cnc3c([N+](=O)[O-])cccc3n2)cc1. The number of para-hydroxylation sites is 1. The van der Waals surface area contributed by atoms with Crippen LogP contribution in [0.4, 0.5) is 5.69 Å². The van der Waals surface area contributed by atoms with Crippen molar-refractivity contribution in [1.29, 1.82) is 0 Å². The fraction of sp³-hybridized carbons (Fsp3) is 0.0667. The number of fused-ring (bicyclic) bond motifs is 1. The van der Waals surface area contributed by atoms with Gasteiger partial charge in [-0.25, -0.2) is 9.97 Å². The summed E-state index contributed by atoms with van der Waals surface area (Å²) in [5, 5.41) is 11.0. The Hall–Kier alpha value is -2.86. The van der Waals surface area contributed by atoms with Crippen molar-refractivity contribution in [2.24, 2.45) is 5.73 Å². The first-order valence-corrected chi connectivity index (χ1v) is 6.38. The molecular formula is C15H12N4O2. The van der Waals surface area contributed by atoms with Gasteiger partial charge in [0, 0.05) is 18.2 Å². The largest absolute Gasteiger partial charge is 0.326 e. The Morgan fingerprint density at radius 2 is 1.90 bits per heavy atom. The maximum Gasteiger partial charge on any atom is 0.297 e. The molecule has 0 radical (unpaired) electrons. The summed E-state index contributed by atoms with van der Waals surface area (Å²) in [5.74, 6) is 0. The third-order valence-corrected chi connectivity index (χ3v) is 3.23. The Morgan fingerprint density at radius 1 is 1.14 bits per heavy atom. The van der Waals surface area contributed by atoms with Crippen LogP contribution >= 0.6 is 0 Å². The molecule has 6 nitrogen and oxygen atoms in total. The predicted octanol–water partition coefficient (Wildman–Crippen LogP) is 2.66. The van der Waals surface area contributed by atoms with Gasteiger partial charge in [0.2, 0.25) is 0 Å². The van der Waals surface area contributed by atoms with Gasteiger partial charge >= 0.3 is 0 Å². The molecule has 0 aliphatic rings. The highest BCUT2D eigenvalue weighted by Crippen LogP contribution is 2.25. The smallest absolute Gasteiger partial charge is 0.297 e. The van der Waals surface area contributed by atoms with Crippen LogP contribution in [0.5, 0.6) is 0 Å². The van der Waals surface area contributed by atoms with E-state index in [-0.39, 0.29) is 5.69 Å². The fourth-order valence-electron chi connectivity index (χ4n) is 2.12. The second kappa shape index (κ2) is 5.26. The molecule has 21 heavy (non-hydrogen) atoms. The second-order valence-electron chi connectivity index (χ2n) is 4.56. The van der Waals surface area contributed by atoms with E-state index in [1.54, 1.807) is 18.3 Å². The molecule has 0 aliphatic heterocycles. The Kier molecular flexibility index (Phi) is 3.29. The van der Waals surface area contributed by atoms with Crippen LogP contribution in [0.1, 0.15) is 5.56 Å². The normalized spacial score (nSPS) is 10.7. The van der Waals surface area contributed by atoms with Crippen molar-refractivity contribution in [3.05, 3.63) is 64.3 Å². The number of aromatic nitrogens is 2. The van der Waals surface area contributed by atoms with Crippen molar-refractivity contribution >= 4 is 16.7 Å². The van der Waals surface area contributed by atoms with Gasteiger partial charge in [0.15, 0.2) is 5.52 Å². The number of nitro benzene ring substituents is 1. The van der Waals surface area contributed by atoms with Crippen molar-refractivity contribution < 1.29 is 4.92 Å². The summed E-state index contributed by atoms with van der Waals surface area (Å²) in [6, 6.07) is 12.4. The zero-order chi connectivity index (χ0) is 14.8. The van der Waals surface area contributed by atoms with Gasteiger partial charge in [-0.2, -0.15) is 0 Å². The van der Waals surface area contributed by atoms with Crippen LogP contribution in [-0.2, 0) is 6.54 Å². The maximum atomic E-state index is 11.0. The summed E-state index contributed by atoms with van der Waals surface area (Å²) in [6.07, 6.45) is 1.55. The maximum absolute atomic E-state index is 11.0. The van der Waals surface area contributed by atoms with E-state index in [0.717, 1.165) is 11.1 Å². The quantitative estimate of drug-likeness (QED) is 0.587. The molecule has 1 aromatic heterocycles. The third kappa shape index (κ3) is 2.44. The van der Waals surface area contributed by atoms with Crippen LogP contribution in [0, 0.1) is 10.1 Å². The lowest BCUT2D eigenvalue weighted by atomic mass is 10.1. The number of nitrogens with zero attached hydrogens (tertiary/aromatic N) is 3. The molecule has 0 saturated heterocycles. The van der Waals surface area contributed by atoms with Crippen LogP contribution in [-0.4, -0.2) is 14.9 Å². The van der Waals surface area contributed by atoms with Crippen LogP contribution in [0.25, 0.3) is 22.3 Å². The summed E-state index contributed by atoms with van der Waals surface area (Å²) in [5.41, 5.74) is 8.93. The van der Waals surface area contributed by atoms with Crippen LogP contribution in [0.2, 0.25) is 0 Å². The standard InChI is InChI=1S/C15H12N4O2/c16-8-10-4-6-11(7-5-10)13-9-17-15-12(18-13)2-1-3-14(15)19(20)21/h1-7,9H,8,16H2. The van der Waals surface area contributed by atoms with E-state index >= 15 is 0 Å². The Bertz CT molecular complexity index is 816. The minimum atomic E-state index is -0.452. The molecule has 0 aliphatic carbocycles. The summed E-state index contributed by atoms with van der Waals surface area (Å²) in [4.78, 5) is 19.2. The molecule has 2 aromatic carbocycles. The molecule has 3 aromatic rings. The number of hydrogen-bond acceptors (Lipinski definition) is 5. The lowest BCUT2D eigenvalue weighted by Gasteiger charge is -2.04. The highest BCUT2D eigenvalue weighted by molar-refractivity contribution is 5.85. The van der Waals surface area contributed by atoms with Crippen molar-refractivity contribution in [2.75, 3.05) is 0 Å². The number of nitrogens with two attached hydrogens (primary N) is 1. The van der Waals surface area contributed by atoms with E-state index < -0.39 is 4.92 Å². The van der Waals surface area contributed by atoms with E-state index in [9.17, 15) is 10.1 Å². The van der Waals surface area contributed by atoms with E-state index in [4.69, 9.17) is 5.73 Å². The zero-order valence-electron chi connectivity index (χ0n) is 11.1. The van der Waals surface area contributed by atoms with Gasteiger partial charge in [-0.1, -0.05) is 30.3 Å². The highest BCUT2D eigenvalue weighted by atomic mass is 16.6. The fourth-order valence-corrected chi connectivity index (χ4v) is 2.12. The molecule has 1 heterocycles. The number of hydrogen-bond donors (Lipinski definition) is 1. The molecule has 0 spiro atoms. The Labute approximate surface area is 120 Å². The molecule has 0 amide bonds. The molecule has 0 fully saturated rings. The minimum Gasteiger partial charge on any atom is -0.326 e. The topological polar surface area (TPSA) is 94.9 Å². The average Bonchev–Trinajstić information content (AvgIpc) is 2.53. The molecule has 6 heteroatoms. The molecule has 0 atom stereocenters. The monoisotopic (exact) mass is 280 g/mol. The first kappa shape index (κ1) is 13.1. The van der Waals surface area contributed by atoms with Crippen molar-refractivity contribution in [3.8, 4) is 11.3 Å². The number of nitro groups is 1. The lowest BCUT2D eigenvalue weighted by molar-refractivity contribution is -0.383. The molecule has 3 rings (SSSR count). The number of benzene rings is 2. The second-order valence-corrected chi connectivity index (χ2v) is 4.56. The molecule has 0 saturated carbocycles. The van der Waals surface area contributed by atoms with Gasteiger partial charge in [0.25, 0.3) is 5.69 Å². The van der Waals surface area contributed by atoms with Gasteiger partial charge in [-0.3, -0.25) is 10.1 Å². The first-order chi connectivity index (χ1) is 10.2. The number of rotatable bonds is 3. The van der Waals surface area contributed by atoms with Crippen LogP contribution < -0.4 is 5.73 Å². The third-order valence-electron chi connectivity index (χ3n) is 3.23. The van der Waals surface area contributed by atoms with Gasteiger partial charge in [0.1, 0.15) is 0 Å². The minimum absolute atomic E-state index is 0.0370. The van der Waals surface area contributed by atoms with Gasteiger partial charge in [-0.05, 0) is 11.6 Å². The summed E-state index contributed by atoms with van der Waals surface area (Å²) >= 11 is 0. The van der Waals surface area contributed by atoms with E-state index in [0.29, 0.717) is 23.3 Å². The van der Waals surface area contributed by atoms with Crippen LogP contribution in [0.15, 0.2) is 48.7 Å². The predicted molar refractivity (Wildman–Crippen MR) is 79.5 cm³/mol. The van der Waals surface area contributed by atoms with Crippen molar-refractivity contribution in [3.63, 3.8) is 0 Å². The summed E-state index contributed by atoms with van der Waals surface area (Å²) in [6.45, 7) is 0.482. The summed E-state index contributed by atoms with van der Waals surface area (Å²) < 4.78 is 0. The summed E-state index contributed by atoms with van der Waals surface area (Å²) in [7, 11) is 0. The van der Waals surface area contributed by atoms with E-state index in [2.05, 4.69) is 9.97 Å². The lowest BCUT2D eigenvalue weighted by Crippen LogP contribution is -1.96. The molecule has 104 valence electrons. The Morgan fingerprint density at radius 3 is 2.57 bits per heavy atom.